The van der Waals surface area contributed by atoms with Crippen molar-refractivity contribution in [3.63, 3.8) is 0 Å². The molecule has 5 heteroatoms. The Morgan fingerprint density at radius 3 is 2.67 bits per heavy atom. The number of hydrogen-bond donors (Lipinski definition) is 0. The zero-order chi connectivity index (χ0) is 23.2. The van der Waals surface area contributed by atoms with E-state index in [0.717, 1.165) is 54.5 Å². The summed E-state index contributed by atoms with van der Waals surface area (Å²) in [5, 5.41) is 12.9. The topological polar surface area (TPSA) is 52.8 Å². The van der Waals surface area contributed by atoms with Crippen LogP contribution in [-0.2, 0) is 11.3 Å². The molecule has 1 aromatic rings. The number of fused-ring (bicyclic) bond motifs is 5. The van der Waals surface area contributed by atoms with Gasteiger partial charge in [-0.25, -0.2) is 0 Å². The Balaban J connectivity index is 1.34. The van der Waals surface area contributed by atoms with Gasteiger partial charge < -0.3 is 4.74 Å². The average Bonchev–Trinajstić information content (AvgIpc) is 3.36. The second kappa shape index (κ2) is 9.24. The maximum Gasteiger partial charge on any atom is 0.171 e. The summed E-state index contributed by atoms with van der Waals surface area (Å²) in [4.78, 5) is 1.84. The van der Waals surface area contributed by atoms with Gasteiger partial charge in [-0.2, -0.15) is 4.80 Å². The van der Waals surface area contributed by atoms with E-state index in [2.05, 4.69) is 36.2 Å². The third-order valence-corrected chi connectivity index (χ3v) is 11.3. The number of methoxy groups -OCH3 is 1. The second-order valence-electron chi connectivity index (χ2n) is 12.8. The minimum Gasteiger partial charge on any atom is -0.384 e. The molecule has 4 fully saturated rings. The number of nitrogens with zero attached hydrogens (tertiary/aromatic N) is 4. The maximum absolute atomic E-state index is 6.03. The molecule has 4 saturated carbocycles. The Labute approximate surface area is 201 Å². The maximum atomic E-state index is 6.03. The lowest BCUT2D eigenvalue weighted by Crippen LogP contribution is -2.56. The summed E-state index contributed by atoms with van der Waals surface area (Å²) in [6.07, 6.45) is 15.7. The Morgan fingerprint density at radius 2 is 1.94 bits per heavy atom. The van der Waals surface area contributed by atoms with Crippen LogP contribution in [0.5, 0.6) is 0 Å². The van der Waals surface area contributed by atoms with E-state index in [-0.39, 0.29) is 0 Å². The first-order chi connectivity index (χ1) is 15.9. The van der Waals surface area contributed by atoms with E-state index in [9.17, 15) is 0 Å². The van der Waals surface area contributed by atoms with Crippen LogP contribution in [0, 0.1) is 59.2 Å². The third kappa shape index (κ3) is 3.98. The zero-order valence-electron chi connectivity index (χ0n) is 21.9. The largest absolute Gasteiger partial charge is 0.384 e. The predicted molar refractivity (Wildman–Crippen MR) is 132 cm³/mol. The monoisotopic (exact) mass is 456 g/mol. The van der Waals surface area contributed by atoms with Crippen molar-refractivity contribution in [1.29, 1.82) is 0 Å². The molecule has 0 bridgehead atoms. The van der Waals surface area contributed by atoms with Crippen LogP contribution in [0.1, 0.15) is 97.2 Å². The number of rotatable bonds is 7. The number of ether oxygens (including phenoxy) is 1. The van der Waals surface area contributed by atoms with Gasteiger partial charge in [0.05, 0.1) is 13.2 Å². The molecule has 33 heavy (non-hydrogen) atoms. The summed E-state index contributed by atoms with van der Waals surface area (Å²) < 4.78 is 6.03. The van der Waals surface area contributed by atoms with Crippen molar-refractivity contribution in [3.8, 4) is 0 Å². The Bertz CT molecular complexity index is 810. The molecule has 4 aliphatic carbocycles. The van der Waals surface area contributed by atoms with Crippen molar-refractivity contribution in [2.45, 2.75) is 105 Å². The van der Waals surface area contributed by atoms with Crippen LogP contribution < -0.4 is 0 Å². The fourth-order valence-electron chi connectivity index (χ4n) is 10.1. The molecule has 1 heterocycles. The van der Waals surface area contributed by atoms with E-state index in [1.165, 1.54) is 70.6 Å². The van der Waals surface area contributed by atoms with E-state index in [1.54, 1.807) is 0 Å². The van der Waals surface area contributed by atoms with Gasteiger partial charge in [0.15, 0.2) is 5.82 Å². The molecule has 1 aromatic heterocycles. The highest BCUT2D eigenvalue weighted by molar-refractivity contribution is 5.10. The highest BCUT2D eigenvalue weighted by Crippen LogP contribution is 2.68. The molecule has 186 valence electrons. The molecular weight excluding hydrogens is 408 g/mol. The van der Waals surface area contributed by atoms with Gasteiger partial charge in [0.25, 0.3) is 0 Å². The first-order valence-electron chi connectivity index (χ1n) is 14.1. The number of tetrazole rings is 1. The number of aromatic nitrogens is 4. The lowest BCUT2D eigenvalue weighted by Gasteiger charge is -2.62. The molecular formula is C28H48N4O. The molecule has 9 atom stereocenters. The highest BCUT2D eigenvalue weighted by atomic mass is 16.5. The zero-order valence-corrected chi connectivity index (χ0v) is 21.9. The van der Waals surface area contributed by atoms with Gasteiger partial charge >= 0.3 is 0 Å². The molecule has 0 N–H and O–H groups in total. The number of hydrogen-bond acceptors (Lipinski definition) is 4. The van der Waals surface area contributed by atoms with Crippen molar-refractivity contribution in [1.82, 2.24) is 20.2 Å². The fraction of sp³-hybridized carbons (Fsp3) is 0.964. The van der Waals surface area contributed by atoms with Gasteiger partial charge in [-0.15, -0.1) is 10.2 Å². The van der Waals surface area contributed by atoms with Crippen molar-refractivity contribution >= 4 is 0 Å². The van der Waals surface area contributed by atoms with Gasteiger partial charge in [0, 0.05) is 7.11 Å². The Kier molecular flexibility index (Phi) is 6.65. The average molecular weight is 457 g/mol. The van der Waals surface area contributed by atoms with Gasteiger partial charge in [-0.05, 0) is 122 Å². The molecule has 2 unspecified atom stereocenters. The second-order valence-corrected chi connectivity index (χ2v) is 12.8. The number of aryl methyl sites for hydroxylation is 1. The molecule has 0 amide bonds. The van der Waals surface area contributed by atoms with E-state index in [4.69, 9.17) is 4.74 Å². The fourth-order valence-corrected chi connectivity index (χ4v) is 10.1. The smallest absolute Gasteiger partial charge is 0.171 e. The first-order valence-corrected chi connectivity index (χ1v) is 14.1. The van der Waals surface area contributed by atoms with Crippen LogP contribution in [0.3, 0.4) is 0 Å². The van der Waals surface area contributed by atoms with Crippen molar-refractivity contribution in [2.24, 2.45) is 52.3 Å². The summed E-state index contributed by atoms with van der Waals surface area (Å²) in [6.45, 7) is 11.3. The summed E-state index contributed by atoms with van der Waals surface area (Å²) >= 11 is 0. The highest BCUT2D eigenvalue weighted by Gasteiger charge is 2.61. The lowest BCUT2D eigenvalue weighted by molar-refractivity contribution is -0.154. The summed E-state index contributed by atoms with van der Waals surface area (Å²) in [6, 6.07) is 0. The van der Waals surface area contributed by atoms with E-state index >= 15 is 0 Å². The quantitative estimate of drug-likeness (QED) is 0.482. The lowest BCUT2D eigenvalue weighted by atomic mass is 9.43. The standard InChI is InChI=1S/C28H48N4O/c1-6-7-21-12-15-28(18-33-5)22(16-21)8-9-23-25-11-10-24(27(25,4)14-13-26(23)28)19(2)17-32-30-20(3)29-31-32/h19,21-26H,6-18H2,1-5H3/t19-,21-,22+,23-,24+,25?,26?,27+,28+/m0/s1. The minimum absolute atomic E-state index is 0.467. The van der Waals surface area contributed by atoms with E-state index < -0.39 is 0 Å². The van der Waals surface area contributed by atoms with Crippen LogP contribution in [0.2, 0.25) is 0 Å². The molecule has 0 aromatic carbocycles. The molecule has 4 aliphatic rings. The third-order valence-electron chi connectivity index (χ3n) is 11.3. The molecule has 5 rings (SSSR count). The van der Waals surface area contributed by atoms with Crippen molar-refractivity contribution in [2.75, 3.05) is 13.7 Å². The Morgan fingerprint density at radius 1 is 1.09 bits per heavy atom. The van der Waals surface area contributed by atoms with Gasteiger partial charge in [0.2, 0.25) is 0 Å². The normalized spacial score (nSPS) is 43.5. The van der Waals surface area contributed by atoms with Gasteiger partial charge in [-0.1, -0.05) is 33.6 Å². The van der Waals surface area contributed by atoms with E-state index in [1.807, 2.05) is 18.8 Å². The van der Waals surface area contributed by atoms with Crippen molar-refractivity contribution in [3.05, 3.63) is 5.82 Å². The summed E-state index contributed by atoms with van der Waals surface area (Å²) in [5.74, 6) is 6.77. The minimum atomic E-state index is 0.467. The summed E-state index contributed by atoms with van der Waals surface area (Å²) in [5.41, 5.74) is 0.950. The molecule has 0 radical (unpaired) electrons. The first kappa shape index (κ1) is 23.8. The van der Waals surface area contributed by atoms with Gasteiger partial charge in [0.1, 0.15) is 0 Å². The molecule has 0 saturated heterocycles. The van der Waals surface area contributed by atoms with Gasteiger partial charge in [-0.3, -0.25) is 0 Å². The molecule has 0 spiro atoms. The molecule has 0 aliphatic heterocycles. The predicted octanol–water partition coefficient (Wildman–Crippen LogP) is 6.32. The SMILES string of the molecule is CCC[C@H]1CC[C@]2(COC)C3CC[C@@]4(C)C(CC[C@@H]4[C@@H](C)Cn4nnc(C)n4)[C@@H]3CC[C@@H]2C1. The van der Waals surface area contributed by atoms with E-state index in [0.29, 0.717) is 16.7 Å². The van der Waals surface area contributed by atoms with Crippen LogP contribution in [0.25, 0.3) is 0 Å². The molecule has 5 nitrogen and oxygen atoms in total. The Hall–Kier alpha value is -0.970. The van der Waals surface area contributed by atoms with Crippen LogP contribution in [-0.4, -0.2) is 33.9 Å². The van der Waals surface area contributed by atoms with Crippen LogP contribution in [0.4, 0.5) is 0 Å². The van der Waals surface area contributed by atoms with Crippen LogP contribution in [0.15, 0.2) is 0 Å². The van der Waals surface area contributed by atoms with Crippen molar-refractivity contribution < 1.29 is 4.74 Å². The summed E-state index contributed by atoms with van der Waals surface area (Å²) in [7, 11) is 1.97. The van der Waals surface area contributed by atoms with Crippen LogP contribution >= 0.6 is 0 Å².